The van der Waals surface area contributed by atoms with Crippen molar-refractivity contribution in [1.82, 2.24) is 0 Å². The zero-order valence-corrected chi connectivity index (χ0v) is 13.5. The fourth-order valence-corrected chi connectivity index (χ4v) is 1.99. The molecule has 21 heavy (non-hydrogen) atoms. The molecule has 0 aliphatic rings. The summed E-state index contributed by atoms with van der Waals surface area (Å²) in [5.74, 6) is 0.979. The molecule has 1 atom stereocenters. The molecule has 4 nitrogen and oxygen atoms in total. The van der Waals surface area contributed by atoms with Crippen molar-refractivity contribution >= 4 is 5.97 Å². The third-order valence-electron chi connectivity index (χ3n) is 3.38. The molecule has 0 amide bonds. The first-order valence-corrected chi connectivity index (χ1v) is 7.55. The minimum Gasteiger partial charge on any atom is -0.494 e. The molecule has 4 heteroatoms. The molecule has 0 aliphatic heterocycles. The summed E-state index contributed by atoms with van der Waals surface area (Å²) < 4.78 is 10.7. The minimum absolute atomic E-state index is 0.351. The summed E-state index contributed by atoms with van der Waals surface area (Å²) >= 11 is 0. The number of esters is 1. The molecular weight excluding hydrogens is 266 g/mol. The number of hydrogen-bond donors (Lipinski definition) is 1. The van der Waals surface area contributed by atoms with Gasteiger partial charge >= 0.3 is 5.97 Å². The molecule has 1 unspecified atom stereocenters. The first-order valence-electron chi connectivity index (χ1n) is 7.55. The Morgan fingerprint density at radius 1 is 1.38 bits per heavy atom. The van der Waals surface area contributed by atoms with Crippen LogP contribution in [0.4, 0.5) is 0 Å². The largest absolute Gasteiger partial charge is 0.494 e. The van der Waals surface area contributed by atoms with Crippen LogP contribution in [0.3, 0.4) is 0 Å². The van der Waals surface area contributed by atoms with Gasteiger partial charge in [-0.25, -0.2) is 0 Å². The molecule has 0 aliphatic carbocycles. The van der Waals surface area contributed by atoms with Crippen molar-refractivity contribution in [1.29, 1.82) is 0 Å². The van der Waals surface area contributed by atoms with Gasteiger partial charge in [0.2, 0.25) is 0 Å². The number of hydrogen-bond acceptors (Lipinski definition) is 4. The SMILES string of the molecule is CCOC(=O)C(C)(N)CCCOc1cccc(C(C)C)c1. The third-order valence-corrected chi connectivity index (χ3v) is 3.38. The highest BCUT2D eigenvalue weighted by molar-refractivity contribution is 5.79. The van der Waals surface area contributed by atoms with Gasteiger partial charge in [-0.3, -0.25) is 4.79 Å². The fourth-order valence-electron chi connectivity index (χ4n) is 1.99. The van der Waals surface area contributed by atoms with E-state index in [0.717, 1.165) is 5.75 Å². The van der Waals surface area contributed by atoms with E-state index in [9.17, 15) is 4.79 Å². The van der Waals surface area contributed by atoms with Crippen molar-refractivity contribution in [3.05, 3.63) is 29.8 Å². The van der Waals surface area contributed by atoms with Crippen molar-refractivity contribution in [2.24, 2.45) is 5.73 Å². The van der Waals surface area contributed by atoms with Gasteiger partial charge in [0.1, 0.15) is 11.3 Å². The van der Waals surface area contributed by atoms with E-state index in [4.69, 9.17) is 15.2 Å². The van der Waals surface area contributed by atoms with Crippen LogP contribution in [0, 0.1) is 0 Å². The smallest absolute Gasteiger partial charge is 0.325 e. The van der Waals surface area contributed by atoms with Gasteiger partial charge < -0.3 is 15.2 Å². The highest BCUT2D eigenvalue weighted by Gasteiger charge is 2.29. The van der Waals surface area contributed by atoms with Gasteiger partial charge in [-0.05, 0) is 50.3 Å². The van der Waals surface area contributed by atoms with E-state index in [1.807, 2.05) is 12.1 Å². The lowest BCUT2D eigenvalue weighted by molar-refractivity contribution is -0.149. The number of ether oxygens (including phenoxy) is 2. The van der Waals surface area contributed by atoms with Crippen molar-refractivity contribution in [2.75, 3.05) is 13.2 Å². The summed E-state index contributed by atoms with van der Waals surface area (Å²) in [6.07, 6.45) is 1.24. The second kappa shape index (κ2) is 8.03. The Balaban J connectivity index is 2.40. The number of benzene rings is 1. The van der Waals surface area contributed by atoms with Crippen LogP contribution in [-0.2, 0) is 9.53 Å². The van der Waals surface area contributed by atoms with Crippen LogP contribution < -0.4 is 10.5 Å². The van der Waals surface area contributed by atoms with E-state index in [-0.39, 0.29) is 5.97 Å². The maximum absolute atomic E-state index is 11.7. The van der Waals surface area contributed by atoms with Gasteiger partial charge in [0.25, 0.3) is 0 Å². The van der Waals surface area contributed by atoms with Crippen LogP contribution in [0.2, 0.25) is 0 Å². The molecule has 1 rings (SSSR count). The Morgan fingerprint density at radius 2 is 2.10 bits per heavy atom. The van der Waals surface area contributed by atoms with Crippen molar-refractivity contribution in [3.63, 3.8) is 0 Å². The average molecular weight is 293 g/mol. The van der Waals surface area contributed by atoms with Crippen LogP contribution in [0.1, 0.15) is 52.0 Å². The maximum atomic E-state index is 11.7. The van der Waals surface area contributed by atoms with Crippen LogP contribution in [0.25, 0.3) is 0 Å². The summed E-state index contributed by atoms with van der Waals surface area (Å²) in [6.45, 7) is 8.66. The van der Waals surface area contributed by atoms with E-state index in [2.05, 4.69) is 26.0 Å². The topological polar surface area (TPSA) is 61.5 Å². The Bertz CT molecular complexity index is 455. The van der Waals surface area contributed by atoms with Gasteiger partial charge in [-0.1, -0.05) is 26.0 Å². The van der Waals surface area contributed by atoms with Gasteiger partial charge in [0, 0.05) is 0 Å². The normalized spacial score (nSPS) is 13.8. The van der Waals surface area contributed by atoms with Crippen LogP contribution in [0.15, 0.2) is 24.3 Å². The zero-order chi connectivity index (χ0) is 15.9. The summed E-state index contributed by atoms with van der Waals surface area (Å²) in [7, 11) is 0. The summed E-state index contributed by atoms with van der Waals surface area (Å²) in [5, 5.41) is 0. The number of nitrogens with two attached hydrogens (primary N) is 1. The Morgan fingerprint density at radius 3 is 2.71 bits per heavy atom. The predicted molar refractivity (Wildman–Crippen MR) is 84.5 cm³/mol. The molecule has 2 N–H and O–H groups in total. The van der Waals surface area contributed by atoms with Gasteiger partial charge in [0.05, 0.1) is 13.2 Å². The number of rotatable bonds is 8. The number of carbonyl (C=O) groups is 1. The van der Waals surface area contributed by atoms with E-state index < -0.39 is 5.54 Å². The summed E-state index contributed by atoms with van der Waals surface area (Å²) in [6, 6.07) is 8.09. The standard InChI is InChI=1S/C17H27NO3/c1-5-20-16(19)17(4,18)10-7-11-21-15-9-6-8-14(12-15)13(2)3/h6,8-9,12-13H,5,7,10-11,18H2,1-4H3. The molecule has 118 valence electrons. The van der Waals surface area contributed by atoms with Crippen molar-refractivity contribution in [2.45, 2.75) is 52.0 Å². The fraction of sp³-hybridized carbons (Fsp3) is 0.588. The van der Waals surface area contributed by atoms with E-state index in [1.54, 1.807) is 13.8 Å². The maximum Gasteiger partial charge on any atom is 0.325 e. The second-order valence-corrected chi connectivity index (χ2v) is 5.82. The highest BCUT2D eigenvalue weighted by atomic mass is 16.5. The van der Waals surface area contributed by atoms with Crippen LogP contribution >= 0.6 is 0 Å². The molecule has 0 fully saturated rings. The molecule has 0 bridgehead atoms. The first-order chi connectivity index (χ1) is 9.86. The lowest BCUT2D eigenvalue weighted by Crippen LogP contribution is -2.46. The molecule has 0 heterocycles. The van der Waals surface area contributed by atoms with Crippen LogP contribution in [-0.4, -0.2) is 24.7 Å². The zero-order valence-electron chi connectivity index (χ0n) is 13.5. The van der Waals surface area contributed by atoms with E-state index >= 15 is 0 Å². The van der Waals surface area contributed by atoms with Gasteiger partial charge in [-0.2, -0.15) is 0 Å². The Labute approximate surface area is 127 Å². The Kier molecular flexibility index (Phi) is 6.69. The molecule has 1 aromatic carbocycles. The Hall–Kier alpha value is -1.55. The van der Waals surface area contributed by atoms with Crippen molar-refractivity contribution in [3.8, 4) is 5.75 Å². The molecule has 0 radical (unpaired) electrons. The lowest BCUT2D eigenvalue weighted by atomic mass is 9.98. The molecule has 0 aromatic heterocycles. The highest BCUT2D eigenvalue weighted by Crippen LogP contribution is 2.20. The molecule has 0 saturated carbocycles. The predicted octanol–water partition coefficient (Wildman–Crippen LogP) is 3.25. The first kappa shape index (κ1) is 17.5. The average Bonchev–Trinajstić information content (AvgIpc) is 2.44. The van der Waals surface area contributed by atoms with Crippen LogP contribution in [0.5, 0.6) is 5.75 Å². The molecule has 1 aromatic rings. The second-order valence-electron chi connectivity index (χ2n) is 5.82. The molecular formula is C17H27NO3. The molecule has 0 saturated heterocycles. The van der Waals surface area contributed by atoms with Gasteiger partial charge in [0.15, 0.2) is 0 Å². The minimum atomic E-state index is -0.945. The quantitative estimate of drug-likeness (QED) is 0.590. The summed E-state index contributed by atoms with van der Waals surface area (Å²) in [5.41, 5.74) is 6.27. The van der Waals surface area contributed by atoms with Crippen molar-refractivity contribution < 1.29 is 14.3 Å². The third kappa shape index (κ3) is 5.76. The molecule has 0 spiro atoms. The van der Waals surface area contributed by atoms with E-state index in [0.29, 0.717) is 32.0 Å². The summed E-state index contributed by atoms with van der Waals surface area (Å²) in [4.78, 5) is 11.7. The van der Waals surface area contributed by atoms with Gasteiger partial charge in [-0.15, -0.1) is 0 Å². The monoisotopic (exact) mass is 293 g/mol. The lowest BCUT2D eigenvalue weighted by Gasteiger charge is -2.22. The van der Waals surface area contributed by atoms with E-state index in [1.165, 1.54) is 5.56 Å². The number of carbonyl (C=O) groups excluding carboxylic acids is 1.